The third kappa shape index (κ3) is 33.6. The summed E-state index contributed by atoms with van der Waals surface area (Å²) in [5, 5.41) is 5.12. The monoisotopic (exact) mass is 604 g/mol. The van der Waals surface area contributed by atoms with Gasteiger partial charge in [-0.2, -0.15) is 0 Å². The van der Waals surface area contributed by atoms with Gasteiger partial charge in [0.25, 0.3) is 0 Å². The molecule has 0 rings (SSSR count). The molecule has 1 unspecified atom stereocenters. The van der Waals surface area contributed by atoms with Gasteiger partial charge in [0, 0.05) is 20.6 Å². The van der Waals surface area contributed by atoms with Crippen molar-refractivity contribution in [2.24, 2.45) is 0 Å². The van der Waals surface area contributed by atoms with Gasteiger partial charge in [0.05, 0.1) is 0 Å². The summed E-state index contributed by atoms with van der Waals surface area (Å²) in [6, 6.07) is -0.117. The van der Waals surface area contributed by atoms with E-state index in [1.165, 1.54) is 161 Å². The lowest BCUT2D eigenvalue weighted by molar-refractivity contribution is -0.124. The number of hydrazine groups is 1. The maximum atomic E-state index is 12.8. The predicted molar refractivity (Wildman–Crippen MR) is 193 cm³/mol. The van der Waals surface area contributed by atoms with Gasteiger partial charge in [0.15, 0.2) is 0 Å². The first-order chi connectivity index (χ1) is 21.1. The highest BCUT2D eigenvalue weighted by molar-refractivity contribution is 5.81. The van der Waals surface area contributed by atoms with Crippen molar-refractivity contribution in [3.63, 3.8) is 0 Å². The molecule has 0 heterocycles. The van der Waals surface area contributed by atoms with Gasteiger partial charge in [-0.05, 0) is 64.2 Å². The number of rotatable bonds is 34. The number of hydrogen-bond acceptors (Lipinski definition) is 3. The van der Waals surface area contributed by atoms with Crippen LogP contribution in [-0.4, -0.2) is 37.6 Å². The Hall–Kier alpha value is -1.13. The number of allylic oxidation sites excluding steroid dienone is 4. The second-order valence-electron chi connectivity index (χ2n) is 13.2. The average Bonchev–Trinajstić information content (AvgIpc) is 2.99. The van der Waals surface area contributed by atoms with Gasteiger partial charge in [-0.3, -0.25) is 4.79 Å². The Morgan fingerprint density at radius 1 is 0.512 bits per heavy atom. The molecule has 1 amide bonds. The largest absolute Gasteiger partial charge is 0.355 e. The molecule has 0 aromatic heterocycles. The van der Waals surface area contributed by atoms with Crippen LogP contribution in [0.15, 0.2) is 24.3 Å². The molecular formula is C39H77N3O. The fourth-order valence-corrected chi connectivity index (χ4v) is 5.69. The molecule has 1 atom stereocenters. The van der Waals surface area contributed by atoms with E-state index in [9.17, 15) is 4.79 Å². The highest BCUT2D eigenvalue weighted by Gasteiger charge is 2.17. The molecule has 0 aromatic carbocycles. The number of carbonyl (C=O) groups is 1. The molecule has 43 heavy (non-hydrogen) atoms. The van der Waals surface area contributed by atoms with E-state index in [-0.39, 0.29) is 11.9 Å². The van der Waals surface area contributed by atoms with E-state index < -0.39 is 0 Å². The summed E-state index contributed by atoms with van der Waals surface area (Å²) >= 11 is 0. The van der Waals surface area contributed by atoms with Crippen LogP contribution in [0, 0.1) is 0 Å². The van der Waals surface area contributed by atoms with Gasteiger partial charge in [-0.1, -0.05) is 154 Å². The highest BCUT2D eigenvalue weighted by Crippen LogP contribution is 2.12. The van der Waals surface area contributed by atoms with Crippen LogP contribution in [0.25, 0.3) is 0 Å². The minimum Gasteiger partial charge on any atom is -0.355 e. The first-order valence-corrected chi connectivity index (χ1v) is 19.1. The first-order valence-electron chi connectivity index (χ1n) is 19.1. The summed E-state index contributed by atoms with van der Waals surface area (Å²) < 4.78 is 0. The molecule has 4 nitrogen and oxygen atoms in total. The Morgan fingerprint density at radius 3 is 1.26 bits per heavy atom. The molecule has 254 valence electrons. The van der Waals surface area contributed by atoms with E-state index in [1.54, 1.807) is 0 Å². The fourth-order valence-electron chi connectivity index (χ4n) is 5.69. The third-order valence-corrected chi connectivity index (χ3v) is 8.47. The van der Waals surface area contributed by atoms with Gasteiger partial charge in [-0.15, -0.1) is 0 Å². The molecule has 0 saturated heterocycles. The Morgan fingerprint density at radius 2 is 0.860 bits per heavy atom. The Labute approximate surface area is 270 Å². The van der Waals surface area contributed by atoms with Crippen molar-refractivity contribution < 1.29 is 4.79 Å². The van der Waals surface area contributed by atoms with Crippen molar-refractivity contribution in [2.45, 2.75) is 200 Å². The van der Waals surface area contributed by atoms with E-state index in [1.807, 2.05) is 19.1 Å². The Balaban J connectivity index is 3.68. The van der Waals surface area contributed by atoms with E-state index in [0.717, 1.165) is 25.8 Å². The highest BCUT2D eigenvalue weighted by atomic mass is 16.2. The summed E-state index contributed by atoms with van der Waals surface area (Å²) in [7, 11) is 3.96. The third-order valence-electron chi connectivity index (χ3n) is 8.47. The molecule has 0 radical (unpaired) electrons. The lowest BCUT2D eigenvalue weighted by Crippen LogP contribution is -2.49. The van der Waals surface area contributed by atoms with E-state index in [0.29, 0.717) is 0 Å². The zero-order valence-corrected chi connectivity index (χ0v) is 29.7. The standard InChI is InChI=1S/C39H77N3O/c1-5-7-9-11-13-15-17-19-21-23-25-27-29-31-33-35-37-40-39(43)38(41-42(3)4)36-34-32-30-28-26-24-22-20-18-16-14-12-10-8-6-2/h19-22,38,41H,5-18,23-37H2,1-4H3,(H,40,43)/b21-19-,22-20-. The second kappa shape index (κ2) is 35.4. The van der Waals surface area contributed by atoms with Crippen molar-refractivity contribution in [1.29, 1.82) is 0 Å². The van der Waals surface area contributed by atoms with Crippen LogP contribution in [0.1, 0.15) is 194 Å². The van der Waals surface area contributed by atoms with Crippen LogP contribution in [-0.2, 0) is 4.79 Å². The molecule has 0 aromatic rings. The van der Waals surface area contributed by atoms with Gasteiger partial charge in [0.2, 0.25) is 5.91 Å². The van der Waals surface area contributed by atoms with Crippen LogP contribution < -0.4 is 10.7 Å². The van der Waals surface area contributed by atoms with Crippen LogP contribution in [0.5, 0.6) is 0 Å². The minimum absolute atomic E-state index is 0.117. The van der Waals surface area contributed by atoms with Gasteiger partial charge >= 0.3 is 0 Å². The zero-order valence-electron chi connectivity index (χ0n) is 29.7. The molecule has 0 aliphatic heterocycles. The van der Waals surface area contributed by atoms with Crippen molar-refractivity contribution in [3.8, 4) is 0 Å². The van der Waals surface area contributed by atoms with Crippen molar-refractivity contribution in [2.75, 3.05) is 20.6 Å². The van der Waals surface area contributed by atoms with Crippen molar-refractivity contribution in [3.05, 3.63) is 24.3 Å². The maximum Gasteiger partial charge on any atom is 0.238 e. The number of nitrogens with one attached hydrogen (secondary N) is 2. The van der Waals surface area contributed by atoms with Crippen LogP contribution in [0.4, 0.5) is 0 Å². The number of amides is 1. The summed E-state index contributed by atoms with van der Waals surface area (Å²) in [5.41, 5.74) is 3.34. The van der Waals surface area contributed by atoms with Crippen LogP contribution in [0.3, 0.4) is 0 Å². The summed E-state index contributed by atoms with van der Waals surface area (Å²) in [6.07, 6.45) is 45.9. The summed E-state index contributed by atoms with van der Waals surface area (Å²) in [5.74, 6) is 0.164. The SMILES string of the molecule is CCCCCCCC/C=C\CCCCCCCCNC(=O)C(CCCCCCC/C=C\CCCCCCCC)NN(C)C. The topological polar surface area (TPSA) is 44.4 Å². The second-order valence-corrected chi connectivity index (χ2v) is 13.2. The molecule has 0 bridgehead atoms. The first kappa shape index (κ1) is 41.9. The van der Waals surface area contributed by atoms with Gasteiger partial charge in [-0.25, -0.2) is 10.4 Å². The Kier molecular flexibility index (Phi) is 34.4. The van der Waals surface area contributed by atoms with Crippen molar-refractivity contribution in [1.82, 2.24) is 15.8 Å². The summed E-state index contributed by atoms with van der Waals surface area (Å²) in [4.78, 5) is 12.8. The molecule has 0 saturated carbocycles. The van der Waals surface area contributed by atoms with E-state index in [2.05, 4.69) is 48.9 Å². The quantitative estimate of drug-likeness (QED) is 0.0437. The number of hydrogen-bond donors (Lipinski definition) is 2. The molecule has 0 fully saturated rings. The van der Waals surface area contributed by atoms with E-state index in [4.69, 9.17) is 0 Å². The molecule has 0 spiro atoms. The normalized spacial score (nSPS) is 12.7. The van der Waals surface area contributed by atoms with E-state index >= 15 is 0 Å². The molecule has 0 aliphatic rings. The number of carbonyl (C=O) groups excluding carboxylic acids is 1. The number of unbranched alkanes of at least 4 members (excludes halogenated alkanes) is 23. The average molecular weight is 604 g/mol. The molecular weight excluding hydrogens is 526 g/mol. The number of nitrogens with zero attached hydrogens (tertiary/aromatic N) is 1. The van der Waals surface area contributed by atoms with Crippen LogP contribution in [0.2, 0.25) is 0 Å². The Bertz CT molecular complexity index is 616. The molecule has 0 aliphatic carbocycles. The van der Waals surface area contributed by atoms with Crippen molar-refractivity contribution >= 4 is 5.91 Å². The van der Waals surface area contributed by atoms with Crippen LogP contribution >= 0.6 is 0 Å². The molecule has 4 heteroatoms. The molecule has 2 N–H and O–H groups in total. The minimum atomic E-state index is -0.117. The lowest BCUT2D eigenvalue weighted by atomic mass is 10.0. The lowest BCUT2D eigenvalue weighted by Gasteiger charge is -2.22. The predicted octanol–water partition coefficient (Wildman–Crippen LogP) is 11.6. The zero-order chi connectivity index (χ0) is 31.5. The smallest absolute Gasteiger partial charge is 0.238 e. The maximum absolute atomic E-state index is 12.8. The van der Waals surface area contributed by atoms with Gasteiger partial charge < -0.3 is 5.32 Å². The fraction of sp³-hybridized carbons (Fsp3) is 0.872. The summed E-state index contributed by atoms with van der Waals surface area (Å²) in [6.45, 7) is 5.37. The van der Waals surface area contributed by atoms with Gasteiger partial charge in [0.1, 0.15) is 6.04 Å².